The lowest BCUT2D eigenvalue weighted by molar-refractivity contribution is -0.386. The second-order valence-electron chi connectivity index (χ2n) is 9.44. The van der Waals surface area contributed by atoms with Crippen molar-refractivity contribution < 1.29 is 4.92 Å². The summed E-state index contributed by atoms with van der Waals surface area (Å²) in [6.45, 7) is 10.7. The van der Waals surface area contributed by atoms with Crippen molar-refractivity contribution in [2.24, 2.45) is 11.3 Å². The molecule has 0 spiro atoms. The highest BCUT2D eigenvalue weighted by atomic mass is 32.1. The number of nitrogens with zero attached hydrogens (tertiary/aromatic N) is 7. The fourth-order valence-corrected chi connectivity index (χ4v) is 6.14. The highest BCUT2D eigenvalue weighted by molar-refractivity contribution is 7.19. The van der Waals surface area contributed by atoms with Crippen LogP contribution in [0, 0.1) is 35.3 Å². The van der Waals surface area contributed by atoms with Crippen molar-refractivity contribution in [3.05, 3.63) is 44.1 Å². The number of hydrogen-bond donors (Lipinski definition) is 0. The largest absolute Gasteiger partial charge is 0.312 e. The lowest BCUT2D eigenvalue weighted by Gasteiger charge is -2.36. The quantitative estimate of drug-likeness (QED) is 0.322. The molecule has 0 N–H and O–H groups in total. The Morgan fingerprint density at radius 3 is 2.78 bits per heavy atom. The molecule has 1 unspecified atom stereocenters. The van der Waals surface area contributed by atoms with Gasteiger partial charge in [-0.1, -0.05) is 27.2 Å². The number of rotatable bonds is 5. The first kappa shape index (κ1) is 21.0. The van der Waals surface area contributed by atoms with Crippen LogP contribution in [0.2, 0.25) is 0 Å². The molecule has 0 amide bonds. The van der Waals surface area contributed by atoms with Gasteiger partial charge in [0.2, 0.25) is 0 Å². The van der Waals surface area contributed by atoms with Crippen molar-refractivity contribution >= 4 is 32.9 Å². The third-order valence-electron chi connectivity index (χ3n) is 7.26. The average Bonchev–Trinajstić information content (AvgIpc) is 3.39. The van der Waals surface area contributed by atoms with Gasteiger partial charge in [-0.05, 0) is 50.0 Å². The Morgan fingerprint density at radius 2 is 2.09 bits per heavy atom. The first-order valence-corrected chi connectivity index (χ1v) is 11.8. The molecule has 4 aromatic heterocycles. The van der Waals surface area contributed by atoms with Crippen LogP contribution in [0.1, 0.15) is 61.3 Å². The highest BCUT2D eigenvalue weighted by Crippen LogP contribution is 2.44. The molecule has 0 saturated carbocycles. The summed E-state index contributed by atoms with van der Waals surface area (Å²) in [6, 6.07) is 0. The predicted molar refractivity (Wildman–Crippen MR) is 123 cm³/mol. The molecular weight excluding hydrogens is 426 g/mol. The maximum atomic E-state index is 11.3. The number of hydrogen-bond acceptors (Lipinski definition) is 7. The monoisotopic (exact) mass is 453 g/mol. The van der Waals surface area contributed by atoms with Gasteiger partial charge in [0.05, 0.1) is 10.3 Å². The van der Waals surface area contributed by atoms with Crippen molar-refractivity contribution in [1.29, 1.82) is 0 Å². The summed E-state index contributed by atoms with van der Waals surface area (Å²) in [6.07, 6.45) is 6.21. The molecule has 1 aliphatic carbocycles. The van der Waals surface area contributed by atoms with E-state index in [9.17, 15) is 10.1 Å². The number of fused-ring (bicyclic) bond motifs is 5. The van der Waals surface area contributed by atoms with E-state index in [1.165, 1.54) is 23.3 Å². The minimum Gasteiger partial charge on any atom is -0.258 e. The van der Waals surface area contributed by atoms with E-state index in [0.717, 1.165) is 28.7 Å². The van der Waals surface area contributed by atoms with Crippen molar-refractivity contribution in [2.75, 3.05) is 0 Å². The summed E-state index contributed by atoms with van der Waals surface area (Å²) in [4.78, 5) is 22.9. The van der Waals surface area contributed by atoms with E-state index in [4.69, 9.17) is 4.98 Å². The Labute approximate surface area is 189 Å². The van der Waals surface area contributed by atoms with E-state index in [1.807, 2.05) is 0 Å². The molecule has 4 aromatic rings. The van der Waals surface area contributed by atoms with Crippen LogP contribution in [0.5, 0.6) is 0 Å². The van der Waals surface area contributed by atoms with Crippen LogP contribution in [-0.4, -0.2) is 34.3 Å². The van der Waals surface area contributed by atoms with E-state index < -0.39 is 0 Å². The topological polar surface area (TPSA) is 104 Å². The van der Waals surface area contributed by atoms with Crippen LogP contribution in [0.15, 0.2) is 6.33 Å². The van der Waals surface area contributed by atoms with E-state index in [-0.39, 0.29) is 17.2 Å². The third-order valence-corrected chi connectivity index (χ3v) is 8.43. The smallest absolute Gasteiger partial charge is 0.258 e. The molecule has 0 aromatic carbocycles. The zero-order valence-corrected chi connectivity index (χ0v) is 19.9. The Hall–Kier alpha value is -2.88. The Bertz CT molecular complexity index is 1360. The number of aromatic nitrogens is 6. The number of thiophene rings is 1. The molecular formula is C22H27N7O2S. The average molecular weight is 454 g/mol. The molecule has 0 bridgehead atoms. The van der Waals surface area contributed by atoms with E-state index >= 15 is 0 Å². The van der Waals surface area contributed by atoms with Crippen LogP contribution >= 0.6 is 11.3 Å². The van der Waals surface area contributed by atoms with Crippen LogP contribution in [0.4, 0.5) is 5.69 Å². The van der Waals surface area contributed by atoms with Gasteiger partial charge in [-0.25, -0.2) is 14.5 Å². The predicted octanol–water partition coefficient (Wildman–Crippen LogP) is 4.65. The van der Waals surface area contributed by atoms with Gasteiger partial charge in [0.25, 0.3) is 0 Å². The molecule has 32 heavy (non-hydrogen) atoms. The summed E-state index contributed by atoms with van der Waals surface area (Å²) >= 11 is 1.78. The fourth-order valence-electron chi connectivity index (χ4n) is 4.88. The maximum Gasteiger partial charge on any atom is 0.312 e. The number of aryl methyl sites for hydroxylation is 2. The van der Waals surface area contributed by atoms with Crippen LogP contribution in [0.3, 0.4) is 0 Å². The SMILES string of the molecule is CCC(C)(C)C1CCc2c(sc3ncn4nc(Cn5nc(C)c([N+](=O)[O-])c5C)nc4c23)C1. The Balaban J connectivity index is 1.54. The van der Waals surface area contributed by atoms with E-state index in [0.29, 0.717) is 28.5 Å². The van der Waals surface area contributed by atoms with Gasteiger partial charge >= 0.3 is 5.69 Å². The minimum absolute atomic E-state index is 0.0503. The molecule has 10 heteroatoms. The zero-order chi connectivity index (χ0) is 22.8. The molecule has 5 rings (SSSR count). The van der Waals surface area contributed by atoms with Crippen molar-refractivity contribution in [1.82, 2.24) is 29.4 Å². The lowest BCUT2D eigenvalue weighted by Crippen LogP contribution is -2.28. The van der Waals surface area contributed by atoms with Gasteiger partial charge in [0.1, 0.15) is 29.1 Å². The molecule has 168 valence electrons. The summed E-state index contributed by atoms with van der Waals surface area (Å²) in [5.41, 5.74) is 3.47. The first-order valence-electron chi connectivity index (χ1n) is 11.0. The zero-order valence-electron chi connectivity index (χ0n) is 19.0. The van der Waals surface area contributed by atoms with Gasteiger partial charge in [0.15, 0.2) is 11.5 Å². The fraction of sp³-hybridized carbons (Fsp3) is 0.545. The van der Waals surface area contributed by atoms with Crippen molar-refractivity contribution in [3.8, 4) is 0 Å². The maximum absolute atomic E-state index is 11.3. The second-order valence-corrected chi connectivity index (χ2v) is 10.5. The van der Waals surface area contributed by atoms with Gasteiger partial charge in [-0.15, -0.1) is 16.4 Å². The minimum atomic E-state index is -0.385. The summed E-state index contributed by atoms with van der Waals surface area (Å²) in [5, 5.41) is 21.4. The van der Waals surface area contributed by atoms with Gasteiger partial charge in [-0.2, -0.15) is 5.10 Å². The van der Waals surface area contributed by atoms with Gasteiger partial charge in [-0.3, -0.25) is 14.8 Å². The first-order chi connectivity index (χ1) is 15.2. The molecule has 1 aliphatic rings. The van der Waals surface area contributed by atoms with Crippen LogP contribution in [0.25, 0.3) is 15.9 Å². The van der Waals surface area contributed by atoms with Gasteiger partial charge in [0, 0.05) is 4.88 Å². The summed E-state index contributed by atoms with van der Waals surface area (Å²) < 4.78 is 3.33. The van der Waals surface area contributed by atoms with E-state index in [2.05, 4.69) is 36.0 Å². The highest BCUT2D eigenvalue weighted by Gasteiger charge is 2.33. The van der Waals surface area contributed by atoms with Crippen LogP contribution in [-0.2, 0) is 19.4 Å². The third kappa shape index (κ3) is 3.19. The Morgan fingerprint density at radius 1 is 1.31 bits per heavy atom. The molecule has 1 atom stereocenters. The van der Waals surface area contributed by atoms with E-state index in [1.54, 1.807) is 40.7 Å². The van der Waals surface area contributed by atoms with Crippen LogP contribution < -0.4 is 0 Å². The molecule has 9 nitrogen and oxygen atoms in total. The number of nitro groups is 1. The van der Waals surface area contributed by atoms with Crippen molar-refractivity contribution in [2.45, 2.75) is 66.8 Å². The Kier molecular flexibility index (Phi) is 4.81. The molecule has 0 aliphatic heterocycles. The molecule has 4 heterocycles. The normalized spacial score (nSPS) is 16.7. The summed E-state index contributed by atoms with van der Waals surface area (Å²) in [7, 11) is 0. The standard InChI is InChI=1S/C22H27N7O2S/c1-6-22(4,5)14-7-8-15-16(9-14)32-21-18(15)20-24-17(26-28(20)11-23-21)10-27-13(3)19(29(30)31)12(2)25-27/h11,14H,6-10H2,1-5H3. The van der Waals surface area contributed by atoms with Gasteiger partial charge < -0.3 is 0 Å². The molecule has 0 saturated heterocycles. The van der Waals surface area contributed by atoms with Crippen molar-refractivity contribution in [3.63, 3.8) is 0 Å². The molecule has 0 fully saturated rings. The lowest BCUT2D eigenvalue weighted by atomic mass is 9.70. The molecule has 0 radical (unpaired) electrons. The second kappa shape index (κ2) is 7.33. The summed E-state index contributed by atoms with van der Waals surface area (Å²) in [5.74, 6) is 1.25.